The highest BCUT2D eigenvalue weighted by molar-refractivity contribution is 5.94. The lowest BCUT2D eigenvalue weighted by atomic mass is 9.98. The molecule has 3 N–H and O–H groups in total. The molecule has 0 radical (unpaired) electrons. The molecular weight excluding hydrogens is 226 g/mol. The van der Waals surface area contributed by atoms with Gasteiger partial charge in [-0.25, -0.2) is 4.98 Å². The van der Waals surface area contributed by atoms with Gasteiger partial charge in [0.1, 0.15) is 5.82 Å². The van der Waals surface area contributed by atoms with Crippen LogP contribution < -0.4 is 11.1 Å². The number of pyridine rings is 1. The van der Waals surface area contributed by atoms with Crippen LogP contribution >= 0.6 is 0 Å². The van der Waals surface area contributed by atoms with Crippen molar-refractivity contribution in [3.05, 3.63) is 23.9 Å². The molecular formula is C14H23N3O. The molecule has 0 saturated carbocycles. The van der Waals surface area contributed by atoms with Crippen molar-refractivity contribution >= 4 is 11.7 Å². The summed E-state index contributed by atoms with van der Waals surface area (Å²) in [5, 5.41) is 2.97. The average molecular weight is 249 g/mol. The minimum Gasteiger partial charge on any atom is -0.384 e. The predicted octanol–water partition coefficient (Wildman–Crippen LogP) is 2.61. The Bertz CT molecular complexity index is 373. The van der Waals surface area contributed by atoms with E-state index in [1.54, 1.807) is 18.3 Å². The second-order valence-corrected chi connectivity index (χ2v) is 4.62. The number of nitrogens with zero attached hydrogens (tertiary/aromatic N) is 1. The molecule has 4 nitrogen and oxygen atoms in total. The van der Waals surface area contributed by atoms with Crippen molar-refractivity contribution in [3.63, 3.8) is 0 Å². The van der Waals surface area contributed by atoms with Crippen LogP contribution in [0.1, 0.15) is 49.9 Å². The molecule has 1 heterocycles. The highest BCUT2D eigenvalue weighted by Crippen LogP contribution is 2.12. The van der Waals surface area contributed by atoms with E-state index in [0.29, 0.717) is 17.3 Å². The zero-order valence-electron chi connectivity index (χ0n) is 11.3. The van der Waals surface area contributed by atoms with E-state index >= 15 is 0 Å². The number of carbonyl (C=O) groups is 1. The number of hydrogen-bond acceptors (Lipinski definition) is 3. The summed E-state index contributed by atoms with van der Waals surface area (Å²) in [6.07, 6.45) is 6.19. The second kappa shape index (κ2) is 7.69. The Morgan fingerprint density at radius 2 is 2.06 bits per heavy atom. The quantitative estimate of drug-likeness (QED) is 0.780. The largest absolute Gasteiger partial charge is 0.384 e. The topological polar surface area (TPSA) is 68.0 Å². The maximum absolute atomic E-state index is 11.9. The van der Waals surface area contributed by atoms with Gasteiger partial charge < -0.3 is 11.1 Å². The van der Waals surface area contributed by atoms with E-state index in [-0.39, 0.29) is 5.91 Å². The number of hydrogen-bond donors (Lipinski definition) is 2. The van der Waals surface area contributed by atoms with Crippen molar-refractivity contribution in [3.8, 4) is 0 Å². The lowest BCUT2D eigenvalue weighted by Crippen LogP contribution is -2.29. The van der Waals surface area contributed by atoms with Crippen molar-refractivity contribution < 1.29 is 4.79 Å². The number of aromatic nitrogens is 1. The molecule has 0 aromatic carbocycles. The number of amides is 1. The van der Waals surface area contributed by atoms with Crippen LogP contribution in [0.3, 0.4) is 0 Å². The Morgan fingerprint density at radius 3 is 2.61 bits per heavy atom. The summed E-state index contributed by atoms with van der Waals surface area (Å²) < 4.78 is 0. The summed E-state index contributed by atoms with van der Waals surface area (Å²) in [4.78, 5) is 15.8. The smallest absolute Gasteiger partial charge is 0.251 e. The Morgan fingerprint density at radius 1 is 1.39 bits per heavy atom. The Hall–Kier alpha value is -1.58. The predicted molar refractivity (Wildman–Crippen MR) is 74.3 cm³/mol. The highest BCUT2D eigenvalue weighted by atomic mass is 16.1. The van der Waals surface area contributed by atoms with E-state index < -0.39 is 0 Å². The molecule has 1 amide bonds. The van der Waals surface area contributed by atoms with Crippen LogP contribution in [0.5, 0.6) is 0 Å². The maximum atomic E-state index is 11.9. The first-order valence-electron chi connectivity index (χ1n) is 6.67. The molecule has 1 aromatic rings. The van der Waals surface area contributed by atoms with Gasteiger partial charge in [0.15, 0.2) is 0 Å². The van der Waals surface area contributed by atoms with Gasteiger partial charge in [-0.2, -0.15) is 0 Å². The van der Waals surface area contributed by atoms with Crippen LogP contribution in [0, 0.1) is 5.92 Å². The fourth-order valence-corrected chi connectivity index (χ4v) is 2.09. The first kappa shape index (κ1) is 14.5. The molecule has 0 spiro atoms. The van der Waals surface area contributed by atoms with Crippen LogP contribution in [0.15, 0.2) is 18.3 Å². The third-order valence-electron chi connectivity index (χ3n) is 2.99. The van der Waals surface area contributed by atoms with Crippen LogP contribution in [-0.2, 0) is 0 Å². The fraction of sp³-hybridized carbons (Fsp3) is 0.571. The minimum atomic E-state index is -0.0682. The third-order valence-corrected chi connectivity index (χ3v) is 2.99. The monoisotopic (exact) mass is 249 g/mol. The lowest BCUT2D eigenvalue weighted by molar-refractivity contribution is 0.0945. The van der Waals surface area contributed by atoms with Gasteiger partial charge in [0.25, 0.3) is 5.91 Å². The molecule has 18 heavy (non-hydrogen) atoms. The average Bonchev–Trinajstić information content (AvgIpc) is 2.36. The zero-order valence-corrected chi connectivity index (χ0v) is 11.3. The molecule has 0 aliphatic carbocycles. The first-order valence-corrected chi connectivity index (χ1v) is 6.67. The van der Waals surface area contributed by atoms with Crippen molar-refractivity contribution in [2.75, 3.05) is 12.3 Å². The van der Waals surface area contributed by atoms with Gasteiger partial charge in [-0.05, 0) is 30.9 Å². The highest BCUT2D eigenvalue weighted by Gasteiger charge is 2.10. The van der Waals surface area contributed by atoms with E-state index in [4.69, 9.17) is 5.73 Å². The fourth-order valence-electron chi connectivity index (χ4n) is 2.09. The SMILES string of the molecule is CCCC(CCC)CNC(=O)c1ccnc(N)c1. The number of rotatable bonds is 7. The van der Waals surface area contributed by atoms with Gasteiger partial charge in [-0.3, -0.25) is 4.79 Å². The van der Waals surface area contributed by atoms with E-state index in [9.17, 15) is 4.79 Å². The van der Waals surface area contributed by atoms with Crippen LogP contribution in [0.25, 0.3) is 0 Å². The summed E-state index contributed by atoms with van der Waals surface area (Å²) in [7, 11) is 0. The van der Waals surface area contributed by atoms with Crippen LogP contribution in [0.2, 0.25) is 0 Å². The van der Waals surface area contributed by atoms with Gasteiger partial charge >= 0.3 is 0 Å². The van der Waals surface area contributed by atoms with Gasteiger partial charge in [0.2, 0.25) is 0 Å². The summed E-state index contributed by atoms with van der Waals surface area (Å²) in [5.74, 6) is 0.880. The molecule has 100 valence electrons. The molecule has 1 aromatic heterocycles. The molecule has 0 bridgehead atoms. The molecule has 0 aliphatic rings. The molecule has 0 atom stereocenters. The minimum absolute atomic E-state index is 0.0682. The van der Waals surface area contributed by atoms with Crippen molar-refractivity contribution in [1.29, 1.82) is 0 Å². The number of carbonyl (C=O) groups excluding carboxylic acids is 1. The van der Waals surface area contributed by atoms with Crippen LogP contribution in [-0.4, -0.2) is 17.4 Å². The number of nitrogen functional groups attached to an aromatic ring is 1. The molecule has 0 fully saturated rings. The lowest BCUT2D eigenvalue weighted by Gasteiger charge is -2.16. The molecule has 0 aliphatic heterocycles. The van der Waals surface area contributed by atoms with Gasteiger partial charge in [0.05, 0.1) is 0 Å². The number of nitrogens with two attached hydrogens (primary N) is 1. The normalized spacial score (nSPS) is 10.6. The maximum Gasteiger partial charge on any atom is 0.251 e. The standard InChI is InChI=1S/C14H23N3O/c1-3-5-11(6-4-2)10-17-14(18)12-7-8-16-13(15)9-12/h7-9,11H,3-6,10H2,1-2H3,(H2,15,16)(H,17,18). The summed E-state index contributed by atoms with van der Waals surface area (Å²) in [5.41, 5.74) is 6.13. The number of anilines is 1. The zero-order chi connectivity index (χ0) is 13.4. The van der Waals surface area contributed by atoms with Crippen molar-refractivity contribution in [1.82, 2.24) is 10.3 Å². The van der Waals surface area contributed by atoms with Gasteiger partial charge in [0, 0.05) is 18.3 Å². The Kier molecular flexibility index (Phi) is 6.19. The third kappa shape index (κ3) is 4.73. The number of nitrogens with one attached hydrogen (secondary N) is 1. The Balaban J connectivity index is 2.49. The first-order chi connectivity index (χ1) is 8.67. The molecule has 4 heteroatoms. The van der Waals surface area contributed by atoms with E-state index in [2.05, 4.69) is 24.1 Å². The van der Waals surface area contributed by atoms with E-state index in [1.165, 1.54) is 0 Å². The van der Waals surface area contributed by atoms with Gasteiger partial charge in [-0.15, -0.1) is 0 Å². The Labute approximate surface area is 109 Å². The van der Waals surface area contributed by atoms with Crippen molar-refractivity contribution in [2.24, 2.45) is 5.92 Å². The van der Waals surface area contributed by atoms with Crippen LogP contribution in [0.4, 0.5) is 5.82 Å². The summed E-state index contributed by atoms with van der Waals surface area (Å²) >= 11 is 0. The molecule has 0 saturated heterocycles. The summed E-state index contributed by atoms with van der Waals surface area (Å²) in [6, 6.07) is 3.28. The van der Waals surface area contributed by atoms with E-state index in [0.717, 1.165) is 32.2 Å². The second-order valence-electron chi connectivity index (χ2n) is 4.62. The van der Waals surface area contributed by atoms with Gasteiger partial charge in [-0.1, -0.05) is 26.7 Å². The molecule has 1 rings (SSSR count). The summed E-state index contributed by atoms with van der Waals surface area (Å²) in [6.45, 7) is 5.09. The van der Waals surface area contributed by atoms with E-state index in [1.807, 2.05) is 0 Å². The van der Waals surface area contributed by atoms with Crippen molar-refractivity contribution in [2.45, 2.75) is 39.5 Å². The molecule has 0 unspecified atom stereocenters.